The largest absolute Gasteiger partial charge is 0.490 e. The first-order chi connectivity index (χ1) is 10.9. The minimum Gasteiger partial charge on any atom is -0.302 e. The van der Waals surface area contributed by atoms with Crippen LogP contribution in [0.4, 0.5) is 0 Å². The molecule has 3 atom stereocenters. The molecule has 0 aliphatic rings. The minimum atomic E-state index is -5.46. The standard InChI is InChI=1S/C11H19O10P3/c1-10(9-11-5-3-2-4-6-11)7-8-19-23(15,16)21-24(17,18)20-22(12,13)14/h2-6,10H,7-9H2,1H3,(H,15,16)(H,17,18)(H2,12,13,14). The van der Waals surface area contributed by atoms with E-state index in [9.17, 15) is 18.6 Å². The van der Waals surface area contributed by atoms with Gasteiger partial charge in [0, 0.05) is 0 Å². The summed E-state index contributed by atoms with van der Waals surface area (Å²) in [6, 6.07) is 9.50. The predicted octanol–water partition coefficient (Wildman–Crippen LogP) is 2.60. The minimum absolute atomic E-state index is 0.0830. The van der Waals surface area contributed by atoms with Gasteiger partial charge in [-0.2, -0.15) is 8.62 Å². The molecular weight excluding hydrogens is 385 g/mol. The maximum absolute atomic E-state index is 11.5. The fourth-order valence-electron chi connectivity index (χ4n) is 1.79. The summed E-state index contributed by atoms with van der Waals surface area (Å²) < 4.78 is 44.9. The van der Waals surface area contributed by atoms with E-state index in [1.807, 2.05) is 37.3 Å². The number of hydrogen-bond donors (Lipinski definition) is 4. The van der Waals surface area contributed by atoms with Gasteiger partial charge in [0.2, 0.25) is 0 Å². The molecule has 13 heteroatoms. The Morgan fingerprint density at radius 1 is 0.958 bits per heavy atom. The molecule has 0 aliphatic heterocycles. The van der Waals surface area contributed by atoms with Crippen LogP contribution >= 0.6 is 23.5 Å². The molecule has 0 radical (unpaired) electrons. The van der Waals surface area contributed by atoms with E-state index in [4.69, 9.17) is 14.7 Å². The van der Waals surface area contributed by atoms with Gasteiger partial charge in [-0.25, -0.2) is 13.7 Å². The van der Waals surface area contributed by atoms with Crippen LogP contribution in [-0.2, 0) is 33.3 Å². The molecule has 0 amide bonds. The van der Waals surface area contributed by atoms with Crippen molar-refractivity contribution in [2.45, 2.75) is 19.8 Å². The first-order valence-corrected chi connectivity index (χ1v) is 11.2. The molecule has 1 aromatic rings. The van der Waals surface area contributed by atoms with Gasteiger partial charge in [-0.3, -0.25) is 4.52 Å². The highest BCUT2D eigenvalue weighted by Gasteiger charge is 2.40. The van der Waals surface area contributed by atoms with E-state index in [-0.39, 0.29) is 12.5 Å². The van der Waals surface area contributed by atoms with Gasteiger partial charge >= 0.3 is 23.5 Å². The molecule has 0 heterocycles. The Balaban J connectivity index is 2.43. The fraction of sp³-hybridized carbons (Fsp3) is 0.455. The van der Waals surface area contributed by atoms with E-state index < -0.39 is 23.5 Å². The number of hydrogen-bond acceptors (Lipinski definition) is 6. The Hall–Kier alpha value is -0.370. The molecule has 1 aromatic carbocycles. The second kappa shape index (κ2) is 8.83. The van der Waals surface area contributed by atoms with E-state index in [1.54, 1.807) is 0 Å². The maximum Gasteiger partial charge on any atom is 0.490 e. The van der Waals surface area contributed by atoms with Crippen LogP contribution in [0.25, 0.3) is 0 Å². The Labute approximate surface area is 138 Å². The molecule has 0 fully saturated rings. The number of phosphoric ester groups is 1. The van der Waals surface area contributed by atoms with Crippen molar-refractivity contribution in [2.24, 2.45) is 5.92 Å². The smallest absolute Gasteiger partial charge is 0.302 e. The first kappa shape index (κ1) is 21.7. The Morgan fingerprint density at radius 2 is 1.54 bits per heavy atom. The summed E-state index contributed by atoms with van der Waals surface area (Å²) in [5.41, 5.74) is 1.07. The van der Waals surface area contributed by atoms with Gasteiger partial charge in [0.25, 0.3) is 0 Å². The van der Waals surface area contributed by atoms with Gasteiger partial charge in [0.1, 0.15) is 0 Å². The molecule has 10 nitrogen and oxygen atoms in total. The van der Waals surface area contributed by atoms with Crippen molar-refractivity contribution in [1.29, 1.82) is 0 Å². The number of phosphoric acid groups is 3. The van der Waals surface area contributed by atoms with Crippen molar-refractivity contribution in [1.82, 2.24) is 0 Å². The third-order valence-corrected chi connectivity index (χ3v) is 6.54. The van der Waals surface area contributed by atoms with Crippen molar-refractivity contribution in [3.63, 3.8) is 0 Å². The van der Waals surface area contributed by atoms with Gasteiger partial charge in [-0.1, -0.05) is 37.3 Å². The van der Waals surface area contributed by atoms with Crippen molar-refractivity contribution in [3.8, 4) is 0 Å². The van der Waals surface area contributed by atoms with Crippen molar-refractivity contribution in [2.75, 3.05) is 6.61 Å². The quantitative estimate of drug-likeness (QED) is 0.427. The van der Waals surface area contributed by atoms with Crippen LogP contribution in [0.1, 0.15) is 18.9 Å². The van der Waals surface area contributed by atoms with E-state index in [1.165, 1.54) is 0 Å². The highest BCUT2D eigenvalue weighted by atomic mass is 31.3. The van der Waals surface area contributed by atoms with Crippen LogP contribution < -0.4 is 0 Å². The second-order valence-electron chi connectivity index (χ2n) is 5.01. The van der Waals surface area contributed by atoms with Gasteiger partial charge in [0.05, 0.1) is 6.61 Å². The molecule has 4 N–H and O–H groups in total. The Kier molecular flexibility index (Phi) is 7.97. The molecule has 24 heavy (non-hydrogen) atoms. The topological polar surface area (TPSA) is 160 Å². The third kappa shape index (κ3) is 9.81. The molecule has 0 aromatic heterocycles. The van der Waals surface area contributed by atoms with Gasteiger partial charge < -0.3 is 19.6 Å². The highest BCUT2D eigenvalue weighted by Crippen LogP contribution is 2.66. The lowest BCUT2D eigenvalue weighted by atomic mass is 9.99. The predicted molar refractivity (Wildman–Crippen MR) is 83.7 cm³/mol. The molecular formula is C11H19O10P3. The van der Waals surface area contributed by atoms with Crippen LogP contribution in [-0.4, -0.2) is 26.2 Å². The lowest BCUT2D eigenvalue weighted by Crippen LogP contribution is -2.05. The van der Waals surface area contributed by atoms with Crippen molar-refractivity contribution in [3.05, 3.63) is 35.9 Å². The highest BCUT2D eigenvalue weighted by molar-refractivity contribution is 7.66. The molecule has 0 spiro atoms. The summed E-state index contributed by atoms with van der Waals surface area (Å²) in [6.07, 6.45) is 1.04. The molecule has 0 aliphatic carbocycles. The van der Waals surface area contributed by atoms with E-state index in [2.05, 4.69) is 13.1 Å². The zero-order valence-corrected chi connectivity index (χ0v) is 15.3. The zero-order valence-electron chi connectivity index (χ0n) is 12.7. The number of benzene rings is 1. The Bertz CT molecular complexity index is 657. The summed E-state index contributed by atoms with van der Waals surface area (Å²) in [5.74, 6) is 0.0830. The average molecular weight is 404 g/mol. The van der Waals surface area contributed by atoms with Crippen LogP contribution in [0.15, 0.2) is 30.3 Å². The molecule has 0 saturated heterocycles. The fourth-order valence-corrected chi connectivity index (χ4v) is 4.82. The molecule has 138 valence electrons. The van der Waals surface area contributed by atoms with Crippen molar-refractivity contribution >= 4 is 23.5 Å². The summed E-state index contributed by atoms with van der Waals surface area (Å²) in [4.78, 5) is 35.1. The van der Waals surface area contributed by atoms with Crippen molar-refractivity contribution < 1.29 is 46.4 Å². The molecule has 3 unspecified atom stereocenters. The number of rotatable bonds is 10. The second-order valence-corrected chi connectivity index (χ2v) is 9.43. The van der Waals surface area contributed by atoms with Gasteiger partial charge in [0.15, 0.2) is 0 Å². The van der Waals surface area contributed by atoms with Crippen LogP contribution in [0.3, 0.4) is 0 Å². The SMILES string of the molecule is CC(CCOP(=O)(O)OP(=O)(O)OP(=O)(O)O)Cc1ccccc1. The summed E-state index contributed by atoms with van der Waals surface area (Å²) in [5, 5.41) is 0. The van der Waals surface area contributed by atoms with Gasteiger partial charge in [-0.05, 0) is 24.3 Å². The lowest BCUT2D eigenvalue weighted by molar-refractivity contribution is 0.166. The third-order valence-electron chi connectivity index (χ3n) is 2.71. The summed E-state index contributed by atoms with van der Waals surface area (Å²) >= 11 is 0. The monoisotopic (exact) mass is 404 g/mol. The zero-order chi connectivity index (χ0) is 18.4. The van der Waals surface area contributed by atoms with E-state index >= 15 is 0 Å². The van der Waals surface area contributed by atoms with Gasteiger partial charge in [-0.15, -0.1) is 0 Å². The van der Waals surface area contributed by atoms with E-state index in [0.29, 0.717) is 12.8 Å². The van der Waals surface area contributed by atoms with Crippen LogP contribution in [0.5, 0.6) is 0 Å². The molecule has 0 saturated carbocycles. The first-order valence-electron chi connectivity index (χ1n) is 6.71. The normalized spacial score (nSPS) is 18.5. The van der Waals surface area contributed by atoms with E-state index in [0.717, 1.165) is 5.56 Å². The maximum atomic E-state index is 11.5. The lowest BCUT2D eigenvalue weighted by Gasteiger charge is -2.17. The molecule has 1 rings (SSSR count). The average Bonchev–Trinajstić information content (AvgIpc) is 2.34. The Morgan fingerprint density at radius 3 is 2.08 bits per heavy atom. The van der Waals surface area contributed by atoms with Crippen LogP contribution in [0.2, 0.25) is 0 Å². The molecule has 0 bridgehead atoms. The van der Waals surface area contributed by atoms with Crippen LogP contribution in [0, 0.1) is 5.92 Å². The summed E-state index contributed by atoms with van der Waals surface area (Å²) in [7, 11) is -15.9. The summed E-state index contributed by atoms with van der Waals surface area (Å²) in [6.45, 7) is 1.62.